The van der Waals surface area contributed by atoms with E-state index >= 15 is 0 Å². The van der Waals surface area contributed by atoms with Gasteiger partial charge in [0.1, 0.15) is 0 Å². The van der Waals surface area contributed by atoms with Gasteiger partial charge in [-0.25, -0.2) is 5.01 Å². The lowest BCUT2D eigenvalue weighted by molar-refractivity contribution is -0.283. The molecule has 0 unspecified atom stereocenters. The predicted molar refractivity (Wildman–Crippen MR) is 79.4 cm³/mol. The molecule has 0 aliphatic carbocycles. The summed E-state index contributed by atoms with van der Waals surface area (Å²) in [5.74, 6) is -1.06. The number of carbonyl (C=O) groups excluding carboxylic acids is 1. The van der Waals surface area contributed by atoms with Gasteiger partial charge in [-0.05, 0) is 31.1 Å². The van der Waals surface area contributed by atoms with Crippen LogP contribution in [-0.2, 0) is 0 Å². The van der Waals surface area contributed by atoms with Crippen LogP contribution in [0.1, 0.15) is 36.5 Å². The molecule has 4 nitrogen and oxygen atoms in total. The SMILES string of the molecule is CCCCC1=C[C@](O)(C(F)(F)F)N(C(=O)c2ccccc2Cl)N1. The molecule has 1 atom stereocenters. The van der Waals surface area contributed by atoms with E-state index in [1.807, 2.05) is 6.92 Å². The smallest absolute Gasteiger partial charge is 0.359 e. The van der Waals surface area contributed by atoms with E-state index in [1.165, 1.54) is 18.2 Å². The van der Waals surface area contributed by atoms with Crippen molar-refractivity contribution in [2.45, 2.75) is 38.1 Å². The maximum Gasteiger partial charge on any atom is 0.442 e. The maximum atomic E-state index is 13.3. The van der Waals surface area contributed by atoms with Crippen molar-refractivity contribution in [3.8, 4) is 0 Å². The lowest BCUT2D eigenvalue weighted by Gasteiger charge is -2.33. The van der Waals surface area contributed by atoms with Gasteiger partial charge in [0.2, 0.25) is 0 Å². The molecule has 0 radical (unpaired) electrons. The number of amides is 1. The molecule has 1 aromatic rings. The standard InChI is InChI=1S/C15H16ClF3N2O2/c1-2-3-6-10-9-14(23,15(17,18)19)21(20-10)13(22)11-7-4-5-8-12(11)16/h4-5,7-9,20,23H,2-3,6H2,1H3/t14-/m0/s1. The van der Waals surface area contributed by atoms with E-state index in [1.54, 1.807) is 6.07 Å². The maximum absolute atomic E-state index is 13.3. The Labute approximate surface area is 136 Å². The molecule has 1 amide bonds. The highest BCUT2D eigenvalue weighted by molar-refractivity contribution is 6.33. The molecule has 8 heteroatoms. The first-order valence-corrected chi connectivity index (χ1v) is 7.45. The minimum atomic E-state index is -5.05. The zero-order chi connectivity index (χ0) is 17.3. The lowest BCUT2D eigenvalue weighted by Crippen LogP contribution is -2.60. The monoisotopic (exact) mass is 348 g/mol. The van der Waals surface area contributed by atoms with E-state index in [-0.39, 0.29) is 21.3 Å². The van der Waals surface area contributed by atoms with Crippen LogP contribution in [0.4, 0.5) is 13.2 Å². The quantitative estimate of drug-likeness (QED) is 0.873. The van der Waals surface area contributed by atoms with Gasteiger partial charge in [0.25, 0.3) is 11.6 Å². The zero-order valence-corrected chi connectivity index (χ0v) is 13.1. The Morgan fingerprint density at radius 2 is 2.04 bits per heavy atom. The van der Waals surface area contributed by atoms with Crippen LogP contribution < -0.4 is 5.43 Å². The van der Waals surface area contributed by atoms with Gasteiger partial charge in [-0.15, -0.1) is 0 Å². The molecular formula is C15H16ClF3N2O2. The number of halogens is 4. The van der Waals surface area contributed by atoms with Crippen molar-refractivity contribution in [2.24, 2.45) is 0 Å². The molecule has 0 fully saturated rings. The van der Waals surface area contributed by atoms with Crippen molar-refractivity contribution in [3.63, 3.8) is 0 Å². The minimum Gasteiger partial charge on any atom is -0.359 e. The van der Waals surface area contributed by atoms with E-state index in [4.69, 9.17) is 11.6 Å². The third-order valence-electron chi connectivity index (χ3n) is 3.50. The van der Waals surface area contributed by atoms with Crippen molar-refractivity contribution in [1.82, 2.24) is 10.4 Å². The van der Waals surface area contributed by atoms with Gasteiger partial charge in [0, 0.05) is 5.70 Å². The number of nitrogens with zero attached hydrogens (tertiary/aromatic N) is 1. The number of hydrogen-bond acceptors (Lipinski definition) is 3. The summed E-state index contributed by atoms with van der Waals surface area (Å²) in [7, 11) is 0. The van der Waals surface area contributed by atoms with E-state index in [2.05, 4.69) is 5.43 Å². The largest absolute Gasteiger partial charge is 0.442 e. The van der Waals surface area contributed by atoms with Gasteiger partial charge in [-0.2, -0.15) is 13.2 Å². The van der Waals surface area contributed by atoms with Crippen LogP contribution in [0.5, 0.6) is 0 Å². The fraction of sp³-hybridized carbons (Fsp3) is 0.400. The summed E-state index contributed by atoms with van der Waals surface area (Å²) in [5.41, 5.74) is -1.03. The summed E-state index contributed by atoms with van der Waals surface area (Å²) in [6, 6.07) is 5.72. The van der Waals surface area contributed by atoms with E-state index in [0.29, 0.717) is 18.9 Å². The molecule has 126 valence electrons. The highest BCUT2D eigenvalue weighted by atomic mass is 35.5. The molecule has 0 bridgehead atoms. The summed E-state index contributed by atoms with van der Waals surface area (Å²) in [6.07, 6.45) is -2.73. The number of hydrogen-bond donors (Lipinski definition) is 2. The average molecular weight is 349 g/mol. The van der Waals surface area contributed by atoms with Crippen LogP contribution in [0.25, 0.3) is 0 Å². The highest BCUT2D eigenvalue weighted by Gasteiger charge is 2.61. The van der Waals surface area contributed by atoms with Gasteiger partial charge in [0.05, 0.1) is 10.6 Å². The predicted octanol–water partition coefficient (Wildman–Crippen LogP) is 3.63. The van der Waals surface area contributed by atoms with E-state index in [0.717, 1.165) is 6.42 Å². The first-order valence-electron chi connectivity index (χ1n) is 7.07. The average Bonchev–Trinajstić information content (AvgIpc) is 2.83. The van der Waals surface area contributed by atoms with Crippen LogP contribution in [0.2, 0.25) is 5.02 Å². The summed E-state index contributed by atoms with van der Waals surface area (Å²) in [5, 5.41) is 10.3. The van der Waals surface area contributed by atoms with Crippen LogP contribution >= 0.6 is 11.6 Å². The van der Waals surface area contributed by atoms with Crippen molar-refractivity contribution < 1.29 is 23.1 Å². The molecule has 0 saturated carbocycles. The molecule has 0 aromatic heterocycles. The Balaban J connectivity index is 2.37. The fourth-order valence-corrected chi connectivity index (χ4v) is 2.45. The summed E-state index contributed by atoms with van der Waals surface area (Å²) in [4.78, 5) is 12.4. The molecular weight excluding hydrogens is 333 g/mol. The summed E-state index contributed by atoms with van der Waals surface area (Å²) >= 11 is 5.87. The van der Waals surface area contributed by atoms with Gasteiger partial charge >= 0.3 is 6.18 Å². The second kappa shape index (κ2) is 6.41. The number of alkyl halides is 3. The molecule has 0 saturated heterocycles. The highest BCUT2D eigenvalue weighted by Crippen LogP contribution is 2.39. The topological polar surface area (TPSA) is 52.6 Å². The number of aliphatic hydroxyl groups is 1. The number of rotatable bonds is 4. The second-order valence-electron chi connectivity index (χ2n) is 5.23. The number of unbranched alkanes of at least 4 members (excludes halogenated alkanes) is 1. The van der Waals surface area contributed by atoms with Crippen LogP contribution in [-0.4, -0.2) is 27.9 Å². The molecule has 23 heavy (non-hydrogen) atoms. The number of benzene rings is 1. The van der Waals surface area contributed by atoms with Gasteiger partial charge in [-0.3, -0.25) is 10.2 Å². The van der Waals surface area contributed by atoms with Crippen molar-refractivity contribution in [1.29, 1.82) is 0 Å². The van der Waals surface area contributed by atoms with Gasteiger partial charge < -0.3 is 5.11 Å². The molecule has 2 rings (SSSR count). The third-order valence-corrected chi connectivity index (χ3v) is 3.83. The Morgan fingerprint density at radius 1 is 1.39 bits per heavy atom. The molecule has 0 spiro atoms. The Morgan fingerprint density at radius 3 is 2.61 bits per heavy atom. The van der Waals surface area contributed by atoms with Crippen LogP contribution in [0, 0.1) is 0 Å². The van der Waals surface area contributed by atoms with Crippen LogP contribution in [0.15, 0.2) is 36.0 Å². The molecule has 2 N–H and O–H groups in total. The summed E-state index contributed by atoms with van der Waals surface area (Å²) in [6.45, 7) is 1.89. The van der Waals surface area contributed by atoms with E-state index in [9.17, 15) is 23.1 Å². The van der Waals surface area contributed by atoms with Gasteiger partial charge in [0.15, 0.2) is 0 Å². The molecule has 1 aromatic carbocycles. The first kappa shape index (κ1) is 17.6. The minimum absolute atomic E-state index is 0.00540. The van der Waals surface area contributed by atoms with Crippen molar-refractivity contribution in [3.05, 3.63) is 46.6 Å². The van der Waals surface area contributed by atoms with E-state index < -0.39 is 17.8 Å². The Bertz CT molecular complexity index is 633. The number of allylic oxidation sites excluding steroid dienone is 1. The van der Waals surface area contributed by atoms with Gasteiger partial charge in [-0.1, -0.05) is 37.1 Å². The molecule has 1 aliphatic rings. The zero-order valence-electron chi connectivity index (χ0n) is 12.3. The fourth-order valence-electron chi connectivity index (χ4n) is 2.23. The molecule has 1 aliphatic heterocycles. The van der Waals surface area contributed by atoms with Crippen molar-refractivity contribution >= 4 is 17.5 Å². The third kappa shape index (κ3) is 3.30. The number of nitrogens with one attached hydrogen (secondary N) is 1. The summed E-state index contributed by atoms with van der Waals surface area (Å²) < 4.78 is 39.9. The number of hydrazine groups is 1. The Hall–Kier alpha value is -1.73. The first-order chi connectivity index (χ1) is 10.7. The molecule has 1 heterocycles. The van der Waals surface area contributed by atoms with Crippen molar-refractivity contribution in [2.75, 3.05) is 0 Å². The number of carbonyl (C=O) groups is 1. The van der Waals surface area contributed by atoms with Crippen LogP contribution in [0.3, 0.4) is 0 Å². The normalized spacial score (nSPS) is 21.1. The second-order valence-corrected chi connectivity index (χ2v) is 5.64. The lowest BCUT2D eigenvalue weighted by atomic mass is 10.1. The Kier molecular flexibility index (Phi) is 4.91.